The van der Waals surface area contributed by atoms with Crippen LogP contribution in [0, 0.1) is 0 Å². The lowest BCUT2D eigenvalue weighted by Crippen LogP contribution is -2.47. The number of nitrogens with one attached hydrogen (secondary N) is 2. The van der Waals surface area contributed by atoms with Crippen molar-refractivity contribution in [2.24, 2.45) is 0 Å². The summed E-state index contributed by atoms with van der Waals surface area (Å²) in [6, 6.07) is 0. The van der Waals surface area contributed by atoms with E-state index < -0.39 is 15.6 Å². The molecule has 2 N–H and O–H groups in total. The minimum atomic E-state index is -3.26. The van der Waals surface area contributed by atoms with Crippen molar-refractivity contribution in [1.29, 1.82) is 0 Å². The topological polar surface area (TPSA) is 84.0 Å². The first-order valence-electron chi connectivity index (χ1n) is 9.27. The molecule has 2 aliphatic carbocycles. The SMILES string of the molecule is CC(C)(CNc1nc(C2CC2)nc2sc3c(c12)CCCC3)NS(C)(=O)=O. The van der Waals surface area contributed by atoms with E-state index >= 15 is 0 Å². The van der Waals surface area contributed by atoms with Gasteiger partial charge in [0.2, 0.25) is 10.0 Å². The monoisotopic (exact) mass is 394 g/mol. The molecule has 2 aromatic rings. The molecular weight excluding hydrogens is 368 g/mol. The van der Waals surface area contributed by atoms with Crippen molar-refractivity contribution in [1.82, 2.24) is 14.7 Å². The van der Waals surface area contributed by atoms with Crippen LogP contribution in [0.2, 0.25) is 0 Å². The number of thiophene rings is 1. The summed E-state index contributed by atoms with van der Waals surface area (Å²) >= 11 is 1.81. The van der Waals surface area contributed by atoms with Crippen LogP contribution in [-0.2, 0) is 22.9 Å². The van der Waals surface area contributed by atoms with Gasteiger partial charge in [0.25, 0.3) is 0 Å². The van der Waals surface area contributed by atoms with Crippen molar-refractivity contribution in [2.45, 2.75) is 63.8 Å². The van der Waals surface area contributed by atoms with Crippen LogP contribution >= 0.6 is 11.3 Å². The Labute approximate surface area is 158 Å². The number of fused-ring (bicyclic) bond motifs is 3. The smallest absolute Gasteiger partial charge is 0.209 e. The van der Waals surface area contributed by atoms with E-state index in [1.54, 1.807) is 0 Å². The van der Waals surface area contributed by atoms with E-state index in [-0.39, 0.29) is 0 Å². The number of hydrogen-bond acceptors (Lipinski definition) is 6. The fourth-order valence-electron chi connectivity index (χ4n) is 3.67. The molecule has 1 saturated carbocycles. The van der Waals surface area contributed by atoms with Crippen molar-refractivity contribution in [3.05, 3.63) is 16.3 Å². The third-order valence-corrected chi connectivity index (χ3v) is 7.04. The van der Waals surface area contributed by atoms with Gasteiger partial charge < -0.3 is 5.32 Å². The molecule has 2 aromatic heterocycles. The van der Waals surface area contributed by atoms with Crippen LogP contribution in [0.5, 0.6) is 0 Å². The van der Waals surface area contributed by atoms with Gasteiger partial charge in [0, 0.05) is 22.9 Å². The van der Waals surface area contributed by atoms with Crippen molar-refractivity contribution in [3.63, 3.8) is 0 Å². The number of aromatic nitrogens is 2. The number of hydrogen-bond donors (Lipinski definition) is 2. The minimum absolute atomic E-state index is 0.473. The Hall–Kier alpha value is -1.25. The van der Waals surface area contributed by atoms with Crippen LogP contribution in [0.4, 0.5) is 5.82 Å². The van der Waals surface area contributed by atoms with Gasteiger partial charge in [-0.15, -0.1) is 11.3 Å². The fraction of sp³-hybridized carbons (Fsp3) is 0.667. The number of rotatable bonds is 6. The van der Waals surface area contributed by atoms with Gasteiger partial charge >= 0.3 is 0 Å². The van der Waals surface area contributed by atoms with Crippen LogP contribution in [0.25, 0.3) is 10.2 Å². The molecule has 2 aliphatic rings. The molecule has 4 rings (SSSR count). The average molecular weight is 395 g/mol. The zero-order chi connectivity index (χ0) is 18.5. The van der Waals surface area contributed by atoms with Crippen LogP contribution in [-0.4, -0.2) is 36.7 Å². The predicted octanol–water partition coefficient (Wildman–Crippen LogP) is 3.19. The van der Waals surface area contributed by atoms with Crippen LogP contribution in [0.3, 0.4) is 0 Å². The van der Waals surface area contributed by atoms with Crippen LogP contribution < -0.4 is 10.0 Å². The molecule has 8 heteroatoms. The highest BCUT2D eigenvalue weighted by Gasteiger charge is 2.30. The maximum atomic E-state index is 11.6. The molecule has 142 valence electrons. The summed E-state index contributed by atoms with van der Waals surface area (Å²) in [4.78, 5) is 12.2. The van der Waals surface area contributed by atoms with Gasteiger partial charge in [0.1, 0.15) is 16.5 Å². The zero-order valence-electron chi connectivity index (χ0n) is 15.6. The Kier molecular flexibility index (Phi) is 4.48. The van der Waals surface area contributed by atoms with E-state index in [1.807, 2.05) is 25.2 Å². The minimum Gasteiger partial charge on any atom is -0.368 e. The van der Waals surface area contributed by atoms with E-state index in [0.717, 1.165) is 47.5 Å². The number of sulfonamides is 1. The Bertz CT molecular complexity index is 946. The highest BCUT2D eigenvalue weighted by atomic mass is 32.2. The molecule has 0 saturated heterocycles. The molecular formula is C18H26N4O2S2. The van der Waals surface area contributed by atoms with E-state index in [9.17, 15) is 8.42 Å². The van der Waals surface area contributed by atoms with Gasteiger partial charge in [0.15, 0.2) is 0 Å². The summed E-state index contributed by atoms with van der Waals surface area (Å²) in [5.41, 5.74) is 0.802. The summed E-state index contributed by atoms with van der Waals surface area (Å²) in [6.07, 6.45) is 8.20. The van der Waals surface area contributed by atoms with Crippen LogP contribution in [0.15, 0.2) is 0 Å². The molecule has 0 amide bonds. The number of nitrogens with zero attached hydrogens (tertiary/aromatic N) is 2. The fourth-order valence-corrected chi connectivity index (χ4v) is 6.01. The number of anilines is 1. The maximum absolute atomic E-state index is 11.6. The predicted molar refractivity (Wildman–Crippen MR) is 107 cm³/mol. The Morgan fingerprint density at radius 3 is 2.62 bits per heavy atom. The van der Waals surface area contributed by atoms with Crippen LogP contribution in [0.1, 0.15) is 61.7 Å². The first-order valence-corrected chi connectivity index (χ1v) is 12.0. The number of aryl methyl sites for hydroxylation is 2. The highest BCUT2D eigenvalue weighted by molar-refractivity contribution is 7.88. The average Bonchev–Trinajstić information content (AvgIpc) is 3.31. The quantitative estimate of drug-likeness (QED) is 0.786. The second kappa shape index (κ2) is 6.42. The molecule has 0 aromatic carbocycles. The molecule has 1 fully saturated rings. The van der Waals surface area contributed by atoms with Gasteiger partial charge in [-0.2, -0.15) is 0 Å². The molecule has 0 spiro atoms. The first kappa shape index (κ1) is 18.1. The third-order valence-electron chi connectivity index (χ3n) is 4.93. The highest BCUT2D eigenvalue weighted by Crippen LogP contribution is 2.43. The molecule has 0 unspecified atom stereocenters. The molecule has 0 aliphatic heterocycles. The van der Waals surface area contributed by atoms with Crippen molar-refractivity contribution in [3.8, 4) is 0 Å². The normalized spacial score (nSPS) is 18.1. The summed E-state index contributed by atoms with van der Waals surface area (Å²) in [7, 11) is -3.26. The lowest BCUT2D eigenvalue weighted by atomic mass is 9.97. The summed E-state index contributed by atoms with van der Waals surface area (Å²) < 4.78 is 25.9. The lowest BCUT2D eigenvalue weighted by molar-refractivity contribution is 0.476. The second-order valence-electron chi connectivity index (χ2n) is 8.21. The standard InChI is InChI=1S/C18H26N4O2S2/c1-18(2,22-26(3,23)24)10-19-16-14-12-6-4-5-7-13(12)25-17(14)21-15(20-16)11-8-9-11/h11,22H,4-10H2,1-3H3,(H,19,20,21). The first-order chi connectivity index (χ1) is 12.2. The van der Waals surface area contributed by atoms with Gasteiger partial charge in [-0.3, -0.25) is 0 Å². The third kappa shape index (κ3) is 3.87. The van der Waals surface area contributed by atoms with E-state index in [1.165, 1.54) is 29.5 Å². The summed E-state index contributed by atoms with van der Waals surface area (Å²) in [5.74, 6) is 2.30. The lowest BCUT2D eigenvalue weighted by Gasteiger charge is -2.26. The van der Waals surface area contributed by atoms with E-state index in [4.69, 9.17) is 9.97 Å². The van der Waals surface area contributed by atoms with E-state index in [2.05, 4.69) is 10.0 Å². The van der Waals surface area contributed by atoms with Gasteiger partial charge in [0.05, 0.1) is 11.6 Å². The Morgan fingerprint density at radius 1 is 1.19 bits per heavy atom. The maximum Gasteiger partial charge on any atom is 0.209 e. The summed E-state index contributed by atoms with van der Waals surface area (Å²) in [5, 5.41) is 4.60. The van der Waals surface area contributed by atoms with E-state index in [0.29, 0.717) is 12.5 Å². The van der Waals surface area contributed by atoms with Gasteiger partial charge in [-0.05, 0) is 57.9 Å². The van der Waals surface area contributed by atoms with Crippen molar-refractivity contribution in [2.75, 3.05) is 18.1 Å². The molecule has 2 heterocycles. The molecule has 6 nitrogen and oxygen atoms in total. The molecule has 26 heavy (non-hydrogen) atoms. The largest absolute Gasteiger partial charge is 0.368 e. The second-order valence-corrected chi connectivity index (χ2v) is 11.0. The zero-order valence-corrected chi connectivity index (χ0v) is 17.2. The Balaban J connectivity index is 1.69. The molecule has 0 bridgehead atoms. The van der Waals surface area contributed by atoms with Crippen molar-refractivity contribution < 1.29 is 8.42 Å². The summed E-state index contributed by atoms with van der Waals surface area (Å²) in [6.45, 7) is 4.23. The van der Waals surface area contributed by atoms with Crippen molar-refractivity contribution >= 4 is 37.4 Å². The molecule has 0 atom stereocenters. The Morgan fingerprint density at radius 2 is 1.92 bits per heavy atom. The van der Waals surface area contributed by atoms with Gasteiger partial charge in [-0.25, -0.2) is 23.1 Å². The molecule has 0 radical (unpaired) electrons. The van der Waals surface area contributed by atoms with Gasteiger partial charge in [-0.1, -0.05) is 0 Å².